The van der Waals surface area contributed by atoms with Crippen LogP contribution in [0.4, 0.5) is 11.4 Å². The molecule has 1 atom stereocenters. The van der Waals surface area contributed by atoms with Gasteiger partial charge in [0, 0.05) is 7.05 Å². The Hall–Kier alpha value is -1.51. The van der Waals surface area contributed by atoms with Gasteiger partial charge in [-0.3, -0.25) is 4.79 Å². The highest BCUT2D eigenvalue weighted by Crippen LogP contribution is 2.42. The SMILES string of the molecule is CC(C)CCC1C(=O)N(C)c2c(N)cccc21. The maximum Gasteiger partial charge on any atom is 0.234 e. The number of benzene rings is 1. The fourth-order valence-electron chi connectivity index (χ4n) is 2.50. The van der Waals surface area contributed by atoms with Gasteiger partial charge >= 0.3 is 0 Å². The van der Waals surface area contributed by atoms with E-state index in [2.05, 4.69) is 13.8 Å². The molecule has 0 saturated heterocycles. The van der Waals surface area contributed by atoms with Crippen LogP contribution >= 0.6 is 0 Å². The van der Waals surface area contributed by atoms with Crippen molar-refractivity contribution in [3.05, 3.63) is 23.8 Å². The molecule has 3 nitrogen and oxygen atoms in total. The molecule has 1 aromatic carbocycles. The van der Waals surface area contributed by atoms with Crippen LogP contribution < -0.4 is 10.6 Å². The summed E-state index contributed by atoms with van der Waals surface area (Å²) in [6.45, 7) is 4.37. The van der Waals surface area contributed by atoms with E-state index in [4.69, 9.17) is 5.73 Å². The van der Waals surface area contributed by atoms with Gasteiger partial charge in [0.25, 0.3) is 0 Å². The van der Waals surface area contributed by atoms with E-state index in [1.807, 2.05) is 25.2 Å². The van der Waals surface area contributed by atoms with Gasteiger partial charge in [-0.25, -0.2) is 0 Å². The summed E-state index contributed by atoms with van der Waals surface area (Å²) >= 11 is 0. The van der Waals surface area contributed by atoms with E-state index in [9.17, 15) is 4.79 Å². The van der Waals surface area contributed by atoms with Crippen LogP contribution in [-0.2, 0) is 4.79 Å². The van der Waals surface area contributed by atoms with Crippen LogP contribution in [0.3, 0.4) is 0 Å². The quantitative estimate of drug-likeness (QED) is 0.814. The van der Waals surface area contributed by atoms with Gasteiger partial charge in [-0.15, -0.1) is 0 Å². The van der Waals surface area contributed by atoms with Gasteiger partial charge in [0.1, 0.15) is 0 Å². The van der Waals surface area contributed by atoms with E-state index < -0.39 is 0 Å². The van der Waals surface area contributed by atoms with E-state index in [1.54, 1.807) is 4.90 Å². The third-order valence-corrected chi connectivity index (χ3v) is 3.47. The molecule has 3 heteroatoms. The second-order valence-electron chi connectivity index (χ2n) is 5.21. The summed E-state index contributed by atoms with van der Waals surface area (Å²) in [5.41, 5.74) is 8.65. The lowest BCUT2D eigenvalue weighted by Gasteiger charge is -2.12. The zero-order valence-corrected chi connectivity index (χ0v) is 10.7. The molecule has 92 valence electrons. The number of rotatable bonds is 3. The Kier molecular flexibility index (Phi) is 3.09. The molecule has 0 bridgehead atoms. The topological polar surface area (TPSA) is 46.3 Å². The number of nitrogens with two attached hydrogens (primary N) is 1. The Morgan fingerprint density at radius 1 is 1.41 bits per heavy atom. The van der Waals surface area contributed by atoms with Crippen molar-refractivity contribution in [1.82, 2.24) is 0 Å². The number of amides is 1. The van der Waals surface area contributed by atoms with Crippen molar-refractivity contribution in [1.29, 1.82) is 0 Å². The van der Waals surface area contributed by atoms with Crippen LogP contribution in [0, 0.1) is 5.92 Å². The van der Waals surface area contributed by atoms with Crippen LogP contribution in [0.1, 0.15) is 38.2 Å². The zero-order valence-electron chi connectivity index (χ0n) is 10.7. The molecule has 0 aromatic heterocycles. The first-order chi connectivity index (χ1) is 8.02. The van der Waals surface area contributed by atoms with Gasteiger partial charge in [0.05, 0.1) is 17.3 Å². The summed E-state index contributed by atoms with van der Waals surface area (Å²) in [6, 6.07) is 5.81. The third-order valence-electron chi connectivity index (χ3n) is 3.47. The number of nitrogen functional groups attached to an aromatic ring is 1. The molecule has 1 aliphatic heterocycles. The van der Waals surface area contributed by atoms with Gasteiger partial charge in [0.15, 0.2) is 0 Å². The minimum Gasteiger partial charge on any atom is -0.397 e. The van der Waals surface area contributed by atoms with E-state index in [0.29, 0.717) is 11.6 Å². The van der Waals surface area contributed by atoms with Gasteiger partial charge in [-0.05, 0) is 30.4 Å². The Labute approximate surface area is 103 Å². The Balaban J connectivity index is 2.32. The van der Waals surface area contributed by atoms with E-state index in [0.717, 1.165) is 24.1 Å². The summed E-state index contributed by atoms with van der Waals surface area (Å²) in [4.78, 5) is 13.9. The number of carbonyl (C=O) groups excluding carboxylic acids is 1. The number of anilines is 2. The van der Waals surface area contributed by atoms with E-state index in [1.165, 1.54) is 0 Å². The number of para-hydroxylation sites is 1. The number of nitrogens with zero attached hydrogens (tertiary/aromatic N) is 1. The monoisotopic (exact) mass is 232 g/mol. The van der Waals surface area contributed by atoms with Crippen molar-refractivity contribution in [2.45, 2.75) is 32.6 Å². The molecular formula is C14H20N2O. The maximum absolute atomic E-state index is 12.2. The third kappa shape index (κ3) is 2.02. The summed E-state index contributed by atoms with van der Waals surface area (Å²) in [5.74, 6) is 0.803. The second kappa shape index (κ2) is 4.40. The molecule has 17 heavy (non-hydrogen) atoms. The average Bonchev–Trinajstić information content (AvgIpc) is 2.51. The average molecular weight is 232 g/mol. The summed E-state index contributed by atoms with van der Waals surface area (Å²) < 4.78 is 0. The van der Waals surface area contributed by atoms with Crippen molar-refractivity contribution in [3.63, 3.8) is 0 Å². The smallest absolute Gasteiger partial charge is 0.234 e. The summed E-state index contributed by atoms with van der Waals surface area (Å²) in [7, 11) is 1.81. The lowest BCUT2D eigenvalue weighted by atomic mass is 9.92. The number of hydrogen-bond acceptors (Lipinski definition) is 2. The maximum atomic E-state index is 12.2. The van der Waals surface area contributed by atoms with Crippen LogP contribution in [0.15, 0.2) is 18.2 Å². The largest absolute Gasteiger partial charge is 0.397 e. The van der Waals surface area contributed by atoms with Crippen molar-refractivity contribution in [2.24, 2.45) is 5.92 Å². The predicted molar refractivity (Wildman–Crippen MR) is 71.1 cm³/mol. The predicted octanol–water partition coefficient (Wildman–Crippen LogP) is 2.77. The molecule has 2 N–H and O–H groups in total. The van der Waals surface area contributed by atoms with Gasteiger partial charge in [0.2, 0.25) is 5.91 Å². The van der Waals surface area contributed by atoms with E-state index in [-0.39, 0.29) is 11.8 Å². The molecule has 1 amide bonds. The standard InChI is InChI=1S/C14H20N2O/c1-9(2)7-8-11-10-5-4-6-12(15)13(10)16(3)14(11)17/h4-6,9,11H,7-8,15H2,1-3H3. The molecule has 1 aromatic rings. The number of hydrogen-bond donors (Lipinski definition) is 1. The first-order valence-electron chi connectivity index (χ1n) is 6.18. The molecule has 0 fully saturated rings. The van der Waals surface area contributed by atoms with E-state index >= 15 is 0 Å². The zero-order chi connectivity index (χ0) is 12.6. The molecule has 2 rings (SSSR count). The lowest BCUT2D eigenvalue weighted by Crippen LogP contribution is -2.24. The van der Waals surface area contributed by atoms with Crippen LogP contribution in [0.2, 0.25) is 0 Å². The van der Waals surface area contributed by atoms with Gasteiger partial charge < -0.3 is 10.6 Å². The number of likely N-dealkylation sites (N-methyl/N-ethyl adjacent to an activating group) is 1. The molecule has 1 aliphatic rings. The fraction of sp³-hybridized carbons (Fsp3) is 0.500. The van der Waals surface area contributed by atoms with Crippen molar-refractivity contribution in [3.8, 4) is 0 Å². The fourth-order valence-corrected chi connectivity index (χ4v) is 2.50. The normalized spacial score (nSPS) is 18.9. The van der Waals surface area contributed by atoms with Crippen molar-refractivity contribution >= 4 is 17.3 Å². The second-order valence-corrected chi connectivity index (χ2v) is 5.21. The van der Waals surface area contributed by atoms with Crippen LogP contribution in [0.25, 0.3) is 0 Å². The molecular weight excluding hydrogens is 212 g/mol. The molecule has 0 saturated carbocycles. The summed E-state index contributed by atoms with van der Waals surface area (Å²) in [5, 5.41) is 0. The minimum atomic E-state index is 0.000833. The Morgan fingerprint density at radius 2 is 2.12 bits per heavy atom. The highest BCUT2D eigenvalue weighted by molar-refractivity contribution is 6.07. The molecule has 1 heterocycles. The van der Waals surface area contributed by atoms with Crippen molar-refractivity contribution < 1.29 is 4.79 Å². The Morgan fingerprint density at radius 3 is 2.76 bits per heavy atom. The van der Waals surface area contributed by atoms with Gasteiger partial charge in [-0.1, -0.05) is 26.0 Å². The van der Waals surface area contributed by atoms with Crippen LogP contribution in [-0.4, -0.2) is 13.0 Å². The molecule has 0 spiro atoms. The first kappa shape index (κ1) is 12.0. The van der Waals surface area contributed by atoms with Crippen molar-refractivity contribution in [2.75, 3.05) is 17.7 Å². The van der Waals surface area contributed by atoms with Gasteiger partial charge in [-0.2, -0.15) is 0 Å². The van der Waals surface area contributed by atoms with Crippen LogP contribution in [0.5, 0.6) is 0 Å². The highest BCUT2D eigenvalue weighted by Gasteiger charge is 2.35. The Bertz CT molecular complexity index is 440. The highest BCUT2D eigenvalue weighted by atomic mass is 16.2. The molecule has 1 unspecified atom stereocenters. The first-order valence-corrected chi connectivity index (χ1v) is 6.18. The molecule has 0 radical (unpaired) electrons. The molecule has 0 aliphatic carbocycles. The lowest BCUT2D eigenvalue weighted by molar-refractivity contribution is -0.119. The summed E-state index contributed by atoms with van der Waals surface area (Å²) in [6.07, 6.45) is 1.98. The number of carbonyl (C=O) groups is 1. The minimum absolute atomic E-state index is 0.000833. The number of fused-ring (bicyclic) bond motifs is 1.